The summed E-state index contributed by atoms with van der Waals surface area (Å²) in [5.41, 5.74) is -1.86. The smallest absolute Gasteiger partial charge is 0.325 e. The summed E-state index contributed by atoms with van der Waals surface area (Å²) in [6, 6.07) is 3.54. The number of aliphatic hydroxyl groups is 2. The molecule has 19 heavy (non-hydrogen) atoms. The van der Waals surface area contributed by atoms with E-state index in [2.05, 4.69) is 9.47 Å². The molecule has 0 atom stereocenters. The first kappa shape index (κ1) is 16.8. The van der Waals surface area contributed by atoms with Crippen molar-refractivity contribution < 1.29 is 29.3 Å². The molecule has 0 aliphatic heterocycles. The zero-order valence-corrected chi connectivity index (χ0v) is 10.2. The summed E-state index contributed by atoms with van der Waals surface area (Å²) < 4.78 is 8.77. The Labute approximate surface area is 109 Å². The Morgan fingerprint density at radius 3 is 1.58 bits per heavy atom. The number of nitrogens with zero attached hydrogens (tertiary/aromatic N) is 2. The predicted octanol–water partition coefficient (Wildman–Crippen LogP) is -0.434. The summed E-state index contributed by atoms with van der Waals surface area (Å²) in [6.45, 7) is -1.88. The van der Waals surface area contributed by atoms with Crippen LogP contribution in [0.1, 0.15) is 25.7 Å². The largest absolute Gasteiger partial charge is 0.438 e. The first-order valence-corrected chi connectivity index (χ1v) is 5.39. The van der Waals surface area contributed by atoms with E-state index in [1.807, 2.05) is 0 Å². The first-order chi connectivity index (χ1) is 9.08. The van der Waals surface area contributed by atoms with Crippen LogP contribution in [0.4, 0.5) is 0 Å². The van der Waals surface area contributed by atoms with E-state index in [1.54, 1.807) is 12.1 Å². The fraction of sp³-hybridized carbons (Fsp3) is 0.636. The van der Waals surface area contributed by atoms with Crippen molar-refractivity contribution in [1.29, 1.82) is 10.5 Å². The second kappa shape index (κ2) is 8.86. The van der Waals surface area contributed by atoms with Gasteiger partial charge in [-0.1, -0.05) is 0 Å². The molecule has 0 aromatic rings. The quantitative estimate of drug-likeness (QED) is 0.343. The molecule has 0 spiro atoms. The summed E-state index contributed by atoms with van der Waals surface area (Å²) in [5, 5.41) is 34.3. The highest BCUT2D eigenvalue weighted by Crippen LogP contribution is 2.33. The lowest BCUT2D eigenvalue weighted by Gasteiger charge is -2.27. The lowest BCUT2D eigenvalue weighted by atomic mass is 9.79. The molecule has 0 aliphatic carbocycles. The molecule has 8 heteroatoms. The highest BCUT2D eigenvalue weighted by atomic mass is 16.6. The van der Waals surface area contributed by atoms with E-state index in [0.717, 1.165) is 0 Å². The summed E-state index contributed by atoms with van der Waals surface area (Å²) in [4.78, 5) is 23.6. The molecule has 104 valence electrons. The van der Waals surface area contributed by atoms with Crippen LogP contribution in [0.3, 0.4) is 0 Å². The molecule has 0 bridgehead atoms. The van der Waals surface area contributed by atoms with Gasteiger partial charge in [-0.15, -0.1) is 0 Å². The molecule has 0 aliphatic rings. The molecule has 0 saturated heterocycles. The van der Waals surface area contributed by atoms with Crippen molar-refractivity contribution in [3.05, 3.63) is 0 Å². The Hall–Kier alpha value is -2.16. The van der Waals surface area contributed by atoms with Crippen LogP contribution in [0.25, 0.3) is 0 Å². The molecule has 0 amide bonds. The molecule has 2 N–H and O–H groups in total. The van der Waals surface area contributed by atoms with Gasteiger partial charge in [0, 0.05) is 12.8 Å². The maximum atomic E-state index is 11.8. The third-order valence-corrected chi connectivity index (χ3v) is 2.50. The van der Waals surface area contributed by atoms with Crippen molar-refractivity contribution in [2.45, 2.75) is 25.7 Å². The lowest BCUT2D eigenvalue weighted by Crippen LogP contribution is -2.42. The van der Waals surface area contributed by atoms with Gasteiger partial charge in [0.25, 0.3) is 0 Å². The number of rotatable bonds is 8. The zero-order chi connectivity index (χ0) is 14.7. The van der Waals surface area contributed by atoms with Gasteiger partial charge in [-0.2, -0.15) is 10.5 Å². The molecule has 0 saturated carbocycles. The number of nitriles is 2. The number of ether oxygens (including phenoxy) is 2. The normalized spacial score (nSPS) is 10.1. The van der Waals surface area contributed by atoms with Crippen molar-refractivity contribution in [3.63, 3.8) is 0 Å². The van der Waals surface area contributed by atoms with E-state index in [0.29, 0.717) is 0 Å². The van der Waals surface area contributed by atoms with E-state index < -0.39 is 30.9 Å². The Balaban J connectivity index is 5.31. The van der Waals surface area contributed by atoms with Gasteiger partial charge < -0.3 is 19.7 Å². The number of hydrogen-bond donors (Lipinski definition) is 2. The van der Waals surface area contributed by atoms with Crippen LogP contribution in [0.5, 0.6) is 0 Å². The number of esters is 2. The summed E-state index contributed by atoms with van der Waals surface area (Å²) in [7, 11) is 0. The molecule has 8 nitrogen and oxygen atoms in total. The predicted molar refractivity (Wildman–Crippen MR) is 58.5 cm³/mol. The molecule has 0 heterocycles. The molecular weight excluding hydrogens is 256 g/mol. The SMILES string of the molecule is N#CCCC(CCC#N)(C(=O)OCO)C(=O)OCO. The summed E-state index contributed by atoms with van der Waals surface area (Å²) in [5.74, 6) is -2.17. The second-order valence-electron chi connectivity index (χ2n) is 3.52. The Bertz CT molecular complexity index is 357. The molecule has 0 unspecified atom stereocenters. The van der Waals surface area contributed by atoms with Gasteiger partial charge in [-0.3, -0.25) is 9.59 Å². The topological polar surface area (TPSA) is 141 Å². The van der Waals surface area contributed by atoms with E-state index in [-0.39, 0.29) is 25.7 Å². The van der Waals surface area contributed by atoms with Crippen molar-refractivity contribution >= 4 is 11.9 Å². The number of hydrogen-bond acceptors (Lipinski definition) is 8. The van der Waals surface area contributed by atoms with Gasteiger partial charge in [0.1, 0.15) is 0 Å². The monoisotopic (exact) mass is 270 g/mol. The average Bonchev–Trinajstić information content (AvgIpc) is 2.40. The van der Waals surface area contributed by atoms with Crippen LogP contribution >= 0.6 is 0 Å². The van der Waals surface area contributed by atoms with Gasteiger partial charge in [0.2, 0.25) is 0 Å². The second-order valence-corrected chi connectivity index (χ2v) is 3.52. The van der Waals surface area contributed by atoms with Gasteiger partial charge >= 0.3 is 11.9 Å². The Morgan fingerprint density at radius 1 is 0.947 bits per heavy atom. The van der Waals surface area contributed by atoms with E-state index in [9.17, 15) is 9.59 Å². The highest BCUT2D eigenvalue weighted by Gasteiger charge is 2.48. The van der Waals surface area contributed by atoms with Crippen LogP contribution < -0.4 is 0 Å². The van der Waals surface area contributed by atoms with Crippen LogP contribution in [-0.2, 0) is 19.1 Å². The number of carbonyl (C=O) groups excluding carboxylic acids is 2. The third kappa shape index (κ3) is 4.54. The van der Waals surface area contributed by atoms with Crippen molar-refractivity contribution in [1.82, 2.24) is 0 Å². The van der Waals surface area contributed by atoms with E-state index >= 15 is 0 Å². The minimum atomic E-state index is -1.86. The van der Waals surface area contributed by atoms with E-state index in [4.69, 9.17) is 20.7 Å². The lowest BCUT2D eigenvalue weighted by molar-refractivity contribution is -0.182. The highest BCUT2D eigenvalue weighted by molar-refractivity contribution is 6.00. The Morgan fingerprint density at radius 2 is 1.32 bits per heavy atom. The van der Waals surface area contributed by atoms with Crippen molar-refractivity contribution in [3.8, 4) is 12.1 Å². The van der Waals surface area contributed by atoms with E-state index in [1.165, 1.54) is 0 Å². The third-order valence-electron chi connectivity index (χ3n) is 2.50. The molecule has 0 aromatic heterocycles. The van der Waals surface area contributed by atoms with Crippen LogP contribution in [0, 0.1) is 28.1 Å². The summed E-state index contributed by atoms with van der Waals surface area (Å²) >= 11 is 0. The van der Waals surface area contributed by atoms with Crippen LogP contribution in [0.2, 0.25) is 0 Å². The molecular formula is C11H14N2O6. The molecule has 0 fully saturated rings. The van der Waals surface area contributed by atoms with Gasteiger partial charge in [0.05, 0.1) is 12.1 Å². The van der Waals surface area contributed by atoms with Crippen LogP contribution in [-0.4, -0.2) is 35.7 Å². The maximum absolute atomic E-state index is 11.8. The fourth-order valence-electron chi connectivity index (χ4n) is 1.55. The zero-order valence-electron chi connectivity index (χ0n) is 10.2. The minimum Gasteiger partial charge on any atom is -0.438 e. The average molecular weight is 270 g/mol. The molecule has 0 aromatic carbocycles. The molecule has 0 radical (unpaired) electrons. The van der Waals surface area contributed by atoms with Crippen molar-refractivity contribution in [2.75, 3.05) is 13.6 Å². The molecule has 0 rings (SSSR count). The van der Waals surface area contributed by atoms with Gasteiger partial charge in [-0.25, -0.2) is 0 Å². The standard InChI is InChI=1S/C11H14N2O6/c12-5-1-3-11(4-2-6-13,9(16)18-7-14)10(17)19-8-15/h14-15H,1-4,7-8H2. The van der Waals surface area contributed by atoms with Gasteiger partial charge in [-0.05, 0) is 12.8 Å². The Kier molecular flexibility index (Phi) is 7.85. The van der Waals surface area contributed by atoms with Crippen LogP contribution in [0.15, 0.2) is 0 Å². The maximum Gasteiger partial charge on any atom is 0.325 e. The first-order valence-electron chi connectivity index (χ1n) is 5.39. The minimum absolute atomic E-state index is 0.146. The van der Waals surface area contributed by atoms with Gasteiger partial charge in [0.15, 0.2) is 19.0 Å². The number of carbonyl (C=O) groups is 2. The number of aliphatic hydroxyl groups excluding tert-OH is 2. The van der Waals surface area contributed by atoms with Crippen molar-refractivity contribution in [2.24, 2.45) is 5.41 Å². The summed E-state index contributed by atoms with van der Waals surface area (Å²) in [6.07, 6.45) is -0.731. The fourth-order valence-corrected chi connectivity index (χ4v) is 1.55.